The average molecular weight is 433 g/mol. The third kappa shape index (κ3) is 4.36. The maximum Gasteiger partial charge on any atom is 0.416 e. The van der Waals surface area contributed by atoms with Crippen LogP contribution in [-0.4, -0.2) is 48.0 Å². The van der Waals surface area contributed by atoms with Crippen LogP contribution in [0.5, 0.6) is 0 Å². The zero-order valence-electron chi connectivity index (χ0n) is 16.7. The molecular weight excluding hydrogens is 411 g/mol. The Labute approximate surface area is 177 Å². The van der Waals surface area contributed by atoms with Crippen molar-refractivity contribution in [1.29, 1.82) is 0 Å². The number of nitrogens with zero attached hydrogens (tertiary/aromatic N) is 1. The molecular formula is C23H22F3NO4. The first-order valence-electron chi connectivity index (χ1n) is 10.1. The fourth-order valence-corrected chi connectivity index (χ4v) is 3.97. The number of ketones is 1. The van der Waals surface area contributed by atoms with Gasteiger partial charge in [0.2, 0.25) is 0 Å². The van der Waals surface area contributed by atoms with Crippen LogP contribution in [0.2, 0.25) is 0 Å². The Bertz CT molecular complexity index is 958. The topological polar surface area (TPSA) is 66.8 Å². The standard InChI is InChI=1S/C23H22F3NO4/c24-23(25,26)19-7-1-15(2-8-19)20(28)16-9-11-27(12-10-16)21(29)17-3-5-18(6-4-17)22(30)13-31-14-22/h1-8,16,30H,9-14H2. The van der Waals surface area contributed by atoms with Crippen molar-refractivity contribution in [2.75, 3.05) is 26.3 Å². The summed E-state index contributed by atoms with van der Waals surface area (Å²) in [5.41, 5.74) is -0.312. The smallest absolute Gasteiger partial charge is 0.380 e. The number of piperidine rings is 1. The van der Waals surface area contributed by atoms with Crippen LogP contribution in [0.1, 0.15) is 44.7 Å². The van der Waals surface area contributed by atoms with Crippen molar-refractivity contribution in [3.8, 4) is 0 Å². The number of hydrogen-bond donors (Lipinski definition) is 1. The molecule has 2 aliphatic heterocycles. The van der Waals surface area contributed by atoms with E-state index in [2.05, 4.69) is 0 Å². The van der Waals surface area contributed by atoms with E-state index >= 15 is 0 Å². The fraction of sp³-hybridized carbons (Fsp3) is 0.391. The molecule has 0 aromatic heterocycles. The number of carbonyl (C=O) groups is 2. The number of Topliss-reactive ketones (excluding diaryl/α,β-unsaturated/α-hetero) is 1. The lowest BCUT2D eigenvalue weighted by Gasteiger charge is -2.36. The van der Waals surface area contributed by atoms with Crippen molar-refractivity contribution in [2.45, 2.75) is 24.6 Å². The maximum absolute atomic E-state index is 12.8. The largest absolute Gasteiger partial charge is 0.416 e. The monoisotopic (exact) mass is 433 g/mol. The molecule has 0 saturated carbocycles. The van der Waals surface area contributed by atoms with Crippen molar-refractivity contribution >= 4 is 11.7 Å². The molecule has 31 heavy (non-hydrogen) atoms. The zero-order valence-corrected chi connectivity index (χ0v) is 16.7. The quantitative estimate of drug-likeness (QED) is 0.748. The number of carbonyl (C=O) groups excluding carboxylic acids is 2. The molecule has 0 bridgehead atoms. The number of likely N-dealkylation sites (tertiary alicyclic amines) is 1. The highest BCUT2D eigenvalue weighted by Crippen LogP contribution is 2.31. The average Bonchev–Trinajstić information content (AvgIpc) is 2.76. The summed E-state index contributed by atoms with van der Waals surface area (Å²) in [6.45, 7) is 1.27. The number of aliphatic hydroxyl groups is 1. The Morgan fingerprint density at radius 3 is 1.97 bits per heavy atom. The second kappa shape index (κ2) is 8.09. The van der Waals surface area contributed by atoms with Crippen LogP contribution >= 0.6 is 0 Å². The van der Waals surface area contributed by atoms with Gasteiger partial charge in [-0.1, -0.05) is 24.3 Å². The predicted molar refractivity (Wildman–Crippen MR) is 106 cm³/mol. The van der Waals surface area contributed by atoms with Crippen LogP contribution in [0.15, 0.2) is 48.5 Å². The summed E-state index contributed by atoms with van der Waals surface area (Å²) < 4.78 is 43.1. The molecule has 0 radical (unpaired) electrons. The minimum absolute atomic E-state index is 0.149. The molecule has 2 aromatic carbocycles. The van der Waals surface area contributed by atoms with Gasteiger partial charge in [0.05, 0.1) is 18.8 Å². The van der Waals surface area contributed by atoms with E-state index in [1.54, 1.807) is 29.2 Å². The summed E-state index contributed by atoms with van der Waals surface area (Å²) in [6.07, 6.45) is -3.52. The molecule has 2 heterocycles. The molecule has 4 rings (SSSR count). The Balaban J connectivity index is 1.34. The second-order valence-electron chi connectivity index (χ2n) is 8.11. The lowest BCUT2D eigenvalue weighted by atomic mass is 9.88. The highest BCUT2D eigenvalue weighted by molar-refractivity contribution is 5.98. The lowest BCUT2D eigenvalue weighted by molar-refractivity contribution is -0.184. The minimum atomic E-state index is -4.44. The molecule has 2 aliphatic rings. The van der Waals surface area contributed by atoms with Gasteiger partial charge in [0, 0.05) is 30.1 Å². The zero-order chi connectivity index (χ0) is 22.2. The number of amides is 1. The van der Waals surface area contributed by atoms with Crippen LogP contribution in [-0.2, 0) is 16.5 Å². The number of hydrogen-bond acceptors (Lipinski definition) is 4. The fourth-order valence-electron chi connectivity index (χ4n) is 3.97. The Morgan fingerprint density at radius 1 is 0.935 bits per heavy atom. The normalized spacial score (nSPS) is 19.0. The summed E-state index contributed by atoms with van der Waals surface area (Å²) in [5.74, 6) is -0.666. The third-order valence-electron chi connectivity index (χ3n) is 6.00. The number of rotatable bonds is 4. The summed E-state index contributed by atoms with van der Waals surface area (Å²) in [7, 11) is 0. The number of ether oxygens (including phenoxy) is 1. The molecule has 8 heteroatoms. The Kier molecular flexibility index (Phi) is 5.61. The maximum atomic E-state index is 12.8. The van der Waals surface area contributed by atoms with Gasteiger partial charge in [-0.15, -0.1) is 0 Å². The van der Waals surface area contributed by atoms with E-state index in [1.807, 2.05) is 0 Å². The van der Waals surface area contributed by atoms with Gasteiger partial charge in [0.15, 0.2) is 5.78 Å². The van der Waals surface area contributed by atoms with E-state index in [4.69, 9.17) is 4.74 Å². The van der Waals surface area contributed by atoms with Gasteiger partial charge in [-0.25, -0.2) is 0 Å². The van der Waals surface area contributed by atoms with Crippen molar-refractivity contribution in [3.05, 3.63) is 70.8 Å². The van der Waals surface area contributed by atoms with E-state index in [-0.39, 0.29) is 36.4 Å². The first-order chi connectivity index (χ1) is 14.7. The van der Waals surface area contributed by atoms with Gasteiger partial charge < -0.3 is 14.7 Å². The van der Waals surface area contributed by atoms with Gasteiger partial charge in [-0.05, 0) is 42.7 Å². The first-order valence-corrected chi connectivity index (χ1v) is 10.1. The number of alkyl halides is 3. The van der Waals surface area contributed by atoms with Crippen LogP contribution < -0.4 is 0 Å². The second-order valence-corrected chi connectivity index (χ2v) is 8.11. The molecule has 2 aromatic rings. The Hall–Kier alpha value is -2.71. The number of halogens is 3. The number of benzene rings is 2. The molecule has 5 nitrogen and oxygen atoms in total. The van der Waals surface area contributed by atoms with Crippen LogP contribution in [0.25, 0.3) is 0 Å². The molecule has 0 atom stereocenters. The van der Waals surface area contributed by atoms with Crippen molar-refractivity contribution < 1.29 is 32.6 Å². The third-order valence-corrected chi connectivity index (χ3v) is 6.00. The lowest BCUT2D eigenvalue weighted by Crippen LogP contribution is -2.46. The summed E-state index contributed by atoms with van der Waals surface area (Å²) in [4.78, 5) is 27.1. The molecule has 1 N–H and O–H groups in total. The summed E-state index contributed by atoms with van der Waals surface area (Å²) in [6, 6.07) is 11.0. The Morgan fingerprint density at radius 2 is 1.48 bits per heavy atom. The van der Waals surface area contributed by atoms with Crippen molar-refractivity contribution in [2.24, 2.45) is 5.92 Å². The van der Waals surface area contributed by atoms with Gasteiger partial charge in [0.1, 0.15) is 5.60 Å². The van der Waals surface area contributed by atoms with E-state index < -0.39 is 17.3 Å². The minimum Gasteiger partial charge on any atom is -0.380 e. The molecule has 0 unspecified atom stereocenters. The molecule has 0 aliphatic carbocycles. The van der Waals surface area contributed by atoms with Crippen LogP contribution in [0.4, 0.5) is 13.2 Å². The summed E-state index contributed by atoms with van der Waals surface area (Å²) in [5, 5.41) is 10.3. The molecule has 164 valence electrons. The van der Waals surface area contributed by atoms with E-state index in [0.717, 1.165) is 12.1 Å². The molecule has 0 spiro atoms. The molecule has 2 fully saturated rings. The summed E-state index contributed by atoms with van der Waals surface area (Å²) >= 11 is 0. The highest BCUT2D eigenvalue weighted by atomic mass is 19.4. The van der Waals surface area contributed by atoms with Crippen molar-refractivity contribution in [1.82, 2.24) is 4.90 Å². The molecule has 1 amide bonds. The first kappa shape index (κ1) is 21.5. The SMILES string of the molecule is O=C(c1ccc(C(F)(F)F)cc1)C1CCN(C(=O)c2ccc(C3(O)COC3)cc2)CC1. The van der Waals surface area contributed by atoms with Gasteiger partial charge in [0.25, 0.3) is 5.91 Å². The van der Waals surface area contributed by atoms with E-state index in [0.29, 0.717) is 37.1 Å². The van der Waals surface area contributed by atoms with E-state index in [1.165, 1.54) is 12.1 Å². The molecule has 2 saturated heterocycles. The van der Waals surface area contributed by atoms with Gasteiger partial charge >= 0.3 is 6.18 Å². The van der Waals surface area contributed by atoms with Gasteiger partial charge in [-0.3, -0.25) is 9.59 Å². The van der Waals surface area contributed by atoms with E-state index in [9.17, 15) is 27.9 Å². The van der Waals surface area contributed by atoms with Crippen molar-refractivity contribution in [3.63, 3.8) is 0 Å². The van der Waals surface area contributed by atoms with Gasteiger partial charge in [-0.2, -0.15) is 13.2 Å². The van der Waals surface area contributed by atoms with Crippen LogP contribution in [0.3, 0.4) is 0 Å². The van der Waals surface area contributed by atoms with Crippen LogP contribution in [0, 0.1) is 5.92 Å². The highest BCUT2D eigenvalue weighted by Gasteiger charge is 2.38. The predicted octanol–water partition coefficient (Wildman–Crippen LogP) is 3.66.